The molecule has 2 aromatic carbocycles. The summed E-state index contributed by atoms with van der Waals surface area (Å²) >= 11 is 3.08. The Morgan fingerprint density at radius 3 is 2.52 bits per heavy atom. The van der Waals surface area contributed by atoms with Crippen LogP contribution < -0.4 is 11.1 Å². The lowest BCUT2D eigenvalue weighted by atomic mass is 9.92. The molecule has 0 atom stereocenters. The first kappa shape index (κ1) is 21.0. The zero-order valence-corrected chi connectivity index (χ0v) is 17.4. The van der Waals surface area contributed by atoms with Crippen molar-refractivity contribution in [3.63, 3.8) is 0 Å². The Balaban J connectivity index is 1.51. The van der Waals surface area contributed by atoms with Crippen LogP contribution in [0.1, 0.15) is 18.4 Å². The number of benzene rings is 2. The van der Waals surface area contributed by atoms with Gasteiger partial charge < -0.3 is 16.0 Å². The van der Waals surface area contributed by atoms with Gasteiger partial charge in [-0.1, -0.05) is 30.3 Å². The van der Waals surface area contributed by atoms with E-state index in [4.69, 9.17) is 5.73 Å². The van der Waals surface area contributed by atoms with Gasteiger partial charge in [-0.15, -0.1) is 0 Å². The van der Waals surface area contributed by atoms with Gasteiger partial charge >= 0.3 is 6.03 Å². The normalized spacial score (nSPS) is 15.2. The van der Waals surface area contributed by atoms with Gasteiger partial charge in [0.05, 0.1) is 10.2 Å². The maximum Gasteiger partial charge on any atom is 0.317 e. The van der Waals surface area contributed by atoms with E-state index in [0.717, 1.165) is 5.56 Å². The van der Waals surface area contributed by atoms with Crippen molar-refractivity contribution in [2.45, 2.75) is 19.4 Å². The molecule has 1 fully saturated rings. The number of Topliss-reactive ketones (excluding diaryl/α,β-unsaturated/α-hetero) is 1. The first-order chi connectivity index (χ1) is 13.9. The number of rotatable bonds is 5. The van der Waals surface area contributed by atoms with E-state index in [1.54, 1.807) is 4.90 Å². The van der Waals surface area contributed by atoms with Crippen LogP contribution in [0.25, 0.3) is 0 Å². The summed E-state index contributed by atoms with van der Waals surface area (Å²) in [7, 11) is 0. The van der Waals surface area contributed by atoms with E-state index in [-0.39, 0.29) is 28.0 Å². The van der Waals surface area contributed by atoms with Gasteiger partial charge in [0, 0.05) is 25.6 Å². The van der Waals surface area contributed by atoms with E-state index in [9.17, 15) is 14.0 Å². The summed E-state index contributed by atoms with van der Waals surface area (Å²) in [5, 5.41) is 2.90. The number of amidine groups is 1. The Bertz CT molecular complexity index is 912. The third-order valence-corrected chi connectivity index (χ3v) is 5.45. The minimum atomic E-state index is -0.410. The third kappa shape index (κ3) is 5.63. The van der Waals surface area contributed by atoms with Gasteiger partial charge in [0.15, 0.2) is 5.84 Å². The average molecular weight is 461 g/mol. The molecule has 152 valence electrons. The number of nitrogens with zero attached hydrogens (tertiary/aromatic N) is 2. The van der Waals surface area contributed by atoms with Crippen molar-refractivity contribution in [1.82, 2.24) is 10.2 Å². The molecule has 0 unspecified atom stereocenters. The fourth-order valence-electron chi connectivity index (χ4n) is 3.19. The molecule has 1 aliphatic heterocycles. The van der Waals surface area contributed by atoms with E-state index in [1.807, 2.05) is 30.3 Å². The molecule has 0 spiro atoms. The molecular formula is C21H22BrFN4O2. The lowest BCUT2D eigenvalue weighted by Crippen LogP contribution is -2.46. The second kappa shape index (κ2) is 9.65. The molecule has 0 aromatic heterocycles. The van der Waals surface area contributed by atoms with Crippen molar-refractivity contribution in [3.05, 3.63) is 64.4 Å². The number of carbonyl (C=O) groups excluding carboxylic acids is 2. The summed E-state index contributed by atoms with van der Waals surface area (Å²) < 4.78 is 13.6. The van der Waals surface area contributed by atoms with Gasteiger partial charge in [0.2, 0.25) is 5.78 Å². The highest BCUT2D eigenvalue weighted by molar-refractivity contribution is 9.10. The Hall–Kier alpha value is -2.74. The Morgan fingerprint density at radius 2 is 1.86 bits per heavy atom. The molecule has 0 saturated carbocycles. The van der Waals surface area contributed by atoms with Crippen LogP contribution in [-0.2, 0) is 11.3 Å². The predicted octanol–water partition coefficient (Wildman–Crippen LogP) is 3.77. The van der Waals surface area contributed by atoms with Crippen LogP contribution >= 0.6 is 15.9 Å². The van der Waals surface area contributed by atoms with E-state index < -0.39 is 5.82 Å². The summed E-state index contributed by atoms with van der Waals surface area (Å²) in [6, 6.07) is 13.7. The number of urea groups is 1. The number of piperidine rings is 1. The van der Waals surface area contributed by atoms with E-state index in [1.165, 1.54) is 18.2 Å². The number of halogens is 2. The summed E-state index contributed by atoms with van der Waals surface area (Å²) in [5.41, 5.74) is 7.31. The number of hydrogen-bond donors (Lipinski definition) is 2. The molecule has 0 aliphatic carbocycles. The van der Waals surface area contributed by atoms with Crippen molar-refractivity contribution < 1.29 is 14.0 Å². The number of aliphatic imine (C=N–C) groups is 1. The minimum absolute atomic E-state index is 0.101. The fourth-order valence-corrected chi connectivity index (χ4v) is 3.55. The van der Waals surface area contributed by atoms with Gasteiger partial charge in [0.1, 0.15) is 5.82 Å². The minimum Gasteiger partial charge on any atom is -0.381 e. The lowest BCUT2D eigenvalue weighted by Gasteiger charge is -2.31. The van der Waals surface area contributed by atoms with Gasteiger partial charge in [0.25, 0.3) is 0 Å². The molecule has 1 saturated heterocycles. The molecule has 2 amide bonds. The van der Waals surface area contributed by atoms with Crippen molar-refractivity contribution in [3.8, 4) is 0 Å². The molecule has 2 aromatic rings. The van der Waals surface area contributed by atoms with Crippen molar-refractivity contribution in [2.75, 3.05) is 13.1 Å². The van der Waals surface area contributed by atoms with Crippen LogP contribution in [-0.4, -0.2) is 35.6 Å². The maximum absolute atomic E-state index is 13.3. The number of nitrogens with one attached hydrogen (secondary N) is 1. The zero-order valence-electron chi connectivity index (χ0n) is 15.8. The largest absolute Gasteiger partial charge is 0.381 e. The zero-order chi connectivity index (χ0) is 20.8. The predicted molar refractivity (Wildman–Crippen MR) is 113 cm³/mol. The average Bonchev–Trinajstić information content (AvgIpc) is 2.75. The second-order valence-electron chi connectivity index (χ2n) is 6.87. The molecule has 0 bridgehead atoms. The number of ketones is 1. The summed E-state index contributed by atoms with van der Waals surface area (Å²) in [4.78, 5) is 30.7. The number of carbonyl (C=O) groups is 2. The SMILES string of the molecule is NC(=Nc1ccc(F)c(Br)c1)C(=O)C1CCN(C(=O)NCc2ccccc2)CC1. The van der Waals surface area contributed by atoms with Crippen LogP contribution in [0, 0.1) is 11.7 Å². The van der Waals surface area contributed by atoms with Crippen molar-refractivity contribution in [1.29, 1.82) is 0 Å². The van der Waals surface area contributed by atoms with Gasteiger partial charge in [-0.3, -0.25) is 4.79 Å². The highest BCUT2D eigenvalue weighted by Gasteiger charge is 2.29. The first-order valence-electron chi connectivity index (χ1n) is 9.34. The molecule has 1 heterocycles. The van der Waals surface area contributed by atoms with Crippen molar-refractivity contribution >= 4 is 39.3 Å². The summed E-state index contributed by atoms with van der Waals surface area (Å²) in [6.07, 6.45) is 1.06. The molecule has 6 nitrogen and oxygen atoms in total. The topological polar surface area (TPSA) is 87.8 Å². The van der Waals surface area contributed by atoms with Crippen LogP contribution in [0.15, 0.2) is 58.0 Å². The van der Waals surface area contributed by atoms with Crippen LogP contribution in [0.4, 0.5) is 14.9 Å². The Labute approximate surface area is 177 Å². The van der Waals surface area contributed by atoms with Gasteiger partial charge in [-0.05, 0) is 52.5 Å². The number of hydrogen-bond acceptors (Lipinski definition) is 3. The quantitative estimate of drug-likeness (QED) is 0.525. The maximum atomic E-state index is 13.3. The summed E-state index contributed by atoms with van der Waals surface area (Å²) in [6.45, 7) is 1.42. The van der Waals surface area contributed by atoms with E-state index in [2.05, 4.69) is 26.2 Å². The van der Waals surface area contributed by atoms with Crippen LogP contribution in [0.5, 0.6) is 0 Å². The van der Waals surface area contributed by atoms with Crippen molar-refractivity contribution in [2.24, 2.45) is 16.6 Å². The number of likely N-dealkylation sites (tertiary alicyclic amines) is 1. The molecule has 1 aliphatic rings. The third-order valence-electron chi connectivity index (χ3n) is 4.84. The Morgan fingerprint density at radius 1 is 1.17 bits per heavy atom. The molecule has 0 radical (unpaired) electrons. The van der Waals surface area contributed by atoms with E-state index in [0.29, 0.717) is 38.2 Å². The van der Waals surface area contributed by atoms with Gasteiger partial charge in [-0.25, -0.2) is 14.2 Å². The fraction of sp³-hybridized carbons (Fsp3) is 0.286. The first-order valence-corrected chi connectivity index (χ1v) is 10.1. The molecule has 3 N–H and O–H groups in total. The smallest absolute Gasteiger partial charge is 0.317 e. The number of amides is 2. The Kier molecular flexibility index (Phi) is 6.98. The standard InChI is InChI=1S/C21H22BrFN4O2/c22-17-12-16(6-7-18(17)23)26-20(24)19(28)15-8-10-27(11-9-15)21(29)25-13-14-4-2-1-3-5-14/h1-7,12,15H,8-11,13H2,(H2,24,26)(H,25,29). The van der Waals surface area contributed by atoms with Crippen LogP contribution in [0.3, 0.4) is 0 Å². The monoisotopic (exact) mass is 460 g/mol. The summed E-state index contributed by atoms with van der Waals surface area (Å²) in [5.74, 6) is -1.03. The molecule has 29 heavy (non-hydrogen) atoms. The molecular weight excluding hydrogens is 439 g/mol. The number of nitrogens with two attached hydrogens (primary N) is 1. The lowest BCUT2D eigenvalue weighted by molar-refractivity contribution is -0.117. The highest BCUT2D eigenvalue weighted by Crippen LogP contribution is 2.23. The van der Waals surface area contributed by atoms with Crippen LogP contribution in [0.2, 0.25) is 0 Å². The highest BCUT2D eigenvalue weighted by atomic mass is 79.9. The molecule has 3 rings (SSSR count). The van der Waals surface area contributed by atoms with Gasteiger partial charge in [-0.2, -0.15) is 0 Å². The second-order valence-corrected chi connectivity index (χ2v) is 7.72. The van der Waals surface area contributed by atoms with E-state index >= 15 is 0 Å². The molecule has 8 heteroatoms.